The van der Waals surface area contributed by atoms with Crippen molar-refractivity contribution < 1.29 is 9.30 Å². The van der Waals surface area contributed by atoms with Gasteiger partial charge in [0.15, 0.2) is 5.69 Å². The highest BCUT2D eigenvalue weighted by atomic mass is 16.5. The van der Waals surface area contributed by atoms with Crippen LogP contribution in [0.1, 0.15) is 54.8 Å². The van der Waals surface area contributed by atoms with Crippen molar-refractivity contribution in [2.75, 3.05) is 0 Å². The van der Waals surface area contributed by atoms with Crippen LogP contribution in [0.5, 0.6) is 11.5 Å². The Morgan fingerprint density at radius 1 is 0.867 bits per heavy atom. The number of pyridine rings is 1. The molecule has 2 heterocycles. The van der Waals surface area contributed by atoms with Gasteiger partial charge in [-0.3, -0.25) is 0 Å². The van der Waals surface area contributed by atoms with E-state index in [-0.39, 0.29) is 0 Å². The van der Waals surface area contributed by atoms with E-state index in [4.69, 9.17) is 4.74 Å². The van der Waals surface area contributed by atoms with E-state index in [1.54, 1.807) is 0 Å². The number of hydrogen-bond acceptors (Lipinski definition) is 1. The van der Waals surface area contributed by atoms with Gasteiger partial charge in [0.05, 0.1) is 10.9 Å². The summed E-state index contributed by atoms with van der Waals surface area (Å²) in [4.78, 5) is 0. The van der Waals surface area contributed by atoms with Gasteiger partial charge in [-0.1, -0.05) is 49.6 Å². The molecule has 1 fully saturated rings. The SMILES string of the molecule is Cc1c2c(cc3ccccc13)Oc1cc(C3CCCCC3)cc3cc(C)[n+](C)c-2c13. The van der Waals surface area contributed by atoms with Gasteiger partial charge < -0.3 is 4.74 Å². The fourth-order valence-electron chi connectivity index (χ4n) is 5.73. The highest BCUT2D eigenvalue weighted by Gasteiger charge is 2.32. The number of ether oxygens (including phenoxy) is 1. The third kappa shape index (κ3) is 2.52. The Kier molecular flexibility index (Phi) is 3.93. The zero-order valence-electron chi connectivity index (χ0n) is 18.1. The monoisotopic (exact) mass is 394 g/mol. The van der Waals surface area contributed by atoms with Crippen molar-refractivity contribution >= 4 is 21.5 Å². The van der Waals surface area contributed by atoms with Crippen LogP contribution in [-0.2, 0) is 7.05 Å². The van der Waals surface area contributed by atoms with Crippen LogP contribution in [-0.4, -0.2) is 0 Å². The van der Waals surface area contributed by atoms with Gasteiger partial charge in [0.25, 0.3) is 0 Å². The molecule has 6 rings (SSSR count). The lowest BCUT2D eigenvalue weighted by atomic mass is 9.82. The minimum atomic E-state index is 0.667. The van der Waals surface area contributed by atoms with E-state index in [0.717, 1.165) is 11.5 Å². The first-order valence-electron chi connectivity index (χ1n) is 11.3. The van der Waals surface area contributed by atoms with Crippen LogP contribution in [0.4, 0.5) is 0 Å². The highest BCUT2D eigenvalue weighted by molar-refractivity contribution is 6.05. The first-order chi connectivity index (χ1) is 14.6. The molecular weight excluding hydrogens is 366 g/mol. The molecule has 2 nitrogen and oxygen atoms in total. The maximum Gasteiger partial charge on any atom is 0.228 e. The van der Waals surface area contributed by atoms with E-state index in [1.807, 2.05) is 0 Å². The van der Waals surface area contributed by atoms with Gasteiger partial charge >= 0.3 is 0 Å². The molecule has 1 aliphatic heterocycles. The molecule has 4 aromatic rings. The number of aromatic nitrogens is 1. The van der Waals surface area contributed by atoms with Gasteiger partial charge in [-0.05, 0) is 65.1 Å². The van der Waals surface area contributed by atoms with Gasteiger partial charge in [-0.15, -0.1) is 0 Å². The van der Waals surface area contributed by atoms with Gasteiger partial charge in [-0.25, -0.2) is 0 Å². The van der Waals surface area contributed by atoms with Crippen LogP contribution in [0.25, 0.3) is 32.8 Å². The smallest absolute Gasteiger partial charge is 0.228 e. The minimum Gasteiger partial charge on any atom is -0.456 e. The van der Waals surface area contributed by atoms with Gasteiger partial charge in [0, 0.05) is 13.0 Å². The van der Waals surface area contributed by atoms with E-state index in [0.29, 0.717) is 5.92 Å². The van der Waals surface area contributed by atoms with Crippen LogP contribution in [0.3, 0.4) is 0 Å². The van der Waals surface area contributed by atoms with Crippen LogP contribution >= 0.6 is 0 Å². The molecule has 0 radical (unpaired) electrons. The Hall–Kier alpha value is -2.87. The van der Waals surface area contributed by atoms with E-state index in [2.05, 4.69) is 74.0 Å². The van der Waals surface area contributed by atoms with Crippen molar-refractivity contribution in [2.24, 2.45) is 7.05 Å². The number of aryl methyl sites for hydroxylation is 2. The minimum absolute atomic E-state index is 0.667. The molecular formula is C28H28NO+. The molecule has 3 aromatic carbocycles. The largest absolute Gasteiger partial charge is 0.456 e. The molecule has 150 valence electrons. The Morgan fingerprint density at radius 3 is 2.50 bits per heavy atom. The van der Waals surface area contributed by atoms with Crippen molar-refractivity contribution in [2.45, 2.75) is 51.9 Å². The number of benzene rings is 3. The Labute approximate surface area is 178 Å². The van der Waals surface area contributed by atoms with E-state index >= 15 is 0 Å². The lowest BCUT2D eigenvalue weighted by Crippen LogP contribution is -2.35. The van der Waals surface area contributed by atoms with Crippen molar-refractivity contribution in [3.63, 3.8) is 0 Å². The summed E-state index contributed by atoms with van der Waals surface area (Å²) in [6.07, 6.45) is 6.68. The fourth-order valence-corrected chi connectivity index (χ4v) is 5.73. The Bertz CT molecular complexity index is 1330. The fraction of sp³-hybridized carbons (Fsp3) is 0.321. The second-order valence-corrected chi connectivity index (χ2v) is 9.21. The molecule has 0 amide bonds. The summed E-state index contributed by atoms with van der Waals surface area (Å²) in [6.45, 7) is 4.45. The second kappa shape index (κ2) is 6.57. The first kappa shape index (κ1) is 17.9. The average molecular weight is 395 g/mol. The van der Waals surface area contributed by atoms with Crippen molar-refractivity contribution in [1.29, 1.82) is 0 Å². The van der Waals surface area contributed by atoms with Gasteiger partial charge in [0.2, 0.25) is 5.69 Å². The molecule has 2 aliphatic rings. The maximum atomic E-state index is 6.65. The summed E-state index contributed by atoms with van der Waals surface area (Å²) in [6, 6.07) is 18.0. The summed E-state index contributed by atoms with van der Waals surface area (Å²) in [5, 5.41) is 5.12. The summed E-state index contributed by atoms with van der Waals surface area (Å²) < 4.78 is 8.99. The predicted octanol–water partition coefficient (Wildman–Crippen LogP) is 7.25. The van der Waals surface area contributed by atoms with Crippen LogP contribution < -0.4 is 9.30 Å². The Balaban J connectivity index is 1.68. The molecule has 0 N–H and O–H groups in total. The lowest BCUT2D eigenvalue weighted by molar-refractivity contribution is -0.665. The molecule has 1 saturated carbocycles. The normalized spacial score (nSPS) is 16.0. The van der Waals surface area contributed by atoms with Crippen LogP contribution in [0, 0.1) is 13.8 Å². The van der Waals surface area contributed by atoms with Crippen molar-refractivity contribution in [1.82, 2.24) is 0 Å². The zero-order valence-corrected chi connectivity index (χ0v) is 18.1. The molecule has 0 spiro atoms. The van der Waals surface area contributed by atoms with Crippen LogP contribution in [0.2, 0.25) is 0 Å². The molecule has 1 aromatic heterocycles. The van der Waals surface area contributed by atoms with E-state index < -0.39 is 0 Å². The average Bonchev–Trinajstić information content (AvgIpc) is 2.77. The topological polar surface area (TPSA) is 13.1 Å². The highest BCUT2D eigenvalue weighted by Crippen LogP contribution is 2.49. The maximum absolute atomic E-state index is 6.65. The summed E-state index contributed by atoms with van der Waals surface area (Å²) in [5.74, 6) is 2.68. The number of nitrogens with zero attached hydrogens (tertiary/aromatic N) is 1. The quantitative estimate of drug-likeness (QED) is 0.273. The Morgan fingerprint density at radius 2 is 1.67 bits per heavy atom. The third-order valence-corrected chi connectivity index (χ3v) is 7.43. The summed E-state index contributed by atoms with van der Waals surface area (Å²) in [7, 11) is 2.19. The molecule has 0 atom stereocenters. The van der Waals surface area contributed by atoms with Crippen LogP contribution in [0.15, 0.2) is 48.5 Å². The first-order valence-corrected chi connectivity index (χ1v) is 11.3. The predicted molar refractivity (Wildman–Crippen MR) is 123 cm³/mol. The molecule has 1 aliphatic carbocycles. The van der Waals surface area contributed by atoms with E-state index in [1.165, 1.54) is 81.7 Å². The number of fused-ring (bicyclic) bond motifs is 3. The second-order valence-electron chi connectivity index (χ2n) is 9.21. The standard InChI is InChI=1S/C28H28NO/c1-17-13-22-14-21(19-9-5-4-6-10-19)16-25-27(22)28(29(17)3)26-18(2)23-12-8-7-11-20(23)15-24(26)30-25/h7-8,11-16,19H,4-6,9-10H2,1-3H3/q+1. The molecule has 0 bridgehead atoms. The summed E-state index contributed by atoms with van der Waals surface area (Å²) >= 11 is 0. The molecule has 0 saturated heterocycles. The number of hydrogen-bond donors (Lipinski definition) is 0. The van der Waals surface area contributed by atoms with Crippen molar-refractivity contribution in [3.8, 4) is 22.8 Å². The molecule has 0 unspecified atom stereocenters. The lowest BCUT2D eigenvalue weighted by Gasteiger charge is -2.26. The van der Waals surface area contributed by atoms with E-state index in [9.17, 15) is 0 Å². The van der Waals surface area contributed by atoms with Crippen molar-refractivity contribution in [3.05, 3.63) is 65.4 Å². The summed E-state index contributed by atoms with van der Waals surface area (Å²) in [5.41, 5.74) is 6.57. The molecule has 30 heavy (non-hydrogen) atoms. The van der Waals surface area contributed by atoms with Gasteiger partial charge in [-0.2, -0.15) is 4.57 Å². The zero-order chi connectivity index (χ0) is 20.4. The van der Waals surface area contributed by atoms with Gasteiger partial charge in [0.1, 0.15) is 18.5 Å². The molecule has 2 heteroatoms. The number of rotatable bonds is 1. The third-order valence-electron chi connectivity index (χ3n) is 7.43.